The van der Waals surface area contributed by atoms with Gasteiger partial charge < -0.3 is 20.1 Å². The molecule has 0 saturated heterocycles. The van der Waals surface area contributed by atoms with E-state index in [1.165, 1.54) is 14.2 Å². The lowest BCUT2D eigenvalue weighted by Gasteiger charge is -2.14. The van der Waals surface area contributed by atoms with Crippen LogP contribution in [-0.2, 0) is 4.79 Å². The van der Waals surface area contributed by atoms with Gasteiger partial charge in [-0.2, -0.15) is 0 Å². The normalized spacial score (nSPS) is 11.4. The molecular formula is C14H20N2O4. The summed E-state index contributed by atoms with van der Waals surface area (Å²) in [7, 11) is 3.02. The molecule has 1 rings (SSSR count). The summed E-state index contributed by atoms with van der Waals surface area (Å²) < 4.78 is 10.2. The predicted molar refractivity (Wildman–Crippen MR) is 75.2 cm³/mol. The lowest BCUT2D eigenvalue weighted by molar-refractivity contribution is -0.122. The van der Waals surface area contributed by atoms with Crippen LogP contribution in [-0.4, -0.2) is 38.6 Å². The van der Waals surface area contributed by atoms with Gasteiger partial charge in [0.15, 0.2) is 11.5 Å². The minimum atomic E-state index is -0.601. The van der Waals surface area contributed by atoms with Gasteiger partial charge in [-0.1, -0.05) is 0 Å². The maximum atomic E-state index is 12.0. The van der Waals surface area contributed by atoms with E-state index in [4.69, 9.17) is 9.47 Å². The molecular weight excluding hydrogens is 260 g/mol. The zero-order valence-corrected chi connectivity index (χ0v) is 12.1. The summed E-state index contributed by atoms with van der Waals surface area (Å²) in [5.41, 5.74) is 0.402. The number of methoxy groups -OCH3 is 2. The smallest absolute Gasteiger partial charge is 0.252 e. The van der Waals surface area contributed by atoms with Gasteiger partial charge in [0.1, 0.15) is 6.04 Å². The van der Waals surface area contributed by atoms with Crippen LogP contribution in [0.15, 0.2) is 18.2 Å². The van der Waals surface area contributed by atoms with E-state index >= 15 is 0 Å². The fourth-order valence-electron chi connectivity index (χ4n) is 1.65. The van der Waals surface area contributed by atoms with Crippen molar-refractivity contribution in [1.82, 2.24) is 10.6 Å². The minimum absolute atomic E-state index is 0.221. The second kappa shape index (κ2) is 7.37. The van der Waals surface area contributed by atoms with E-state index in [9.17, 15) is 9.59 Å². The molecule has 0 radical (unpaired) electrons. The van der Waals surface area contributed by atoms with Crippen molar-refractivity contribution < 1.29 is 19.1 Å². The van der Waals surface area contributed by atoms with Crippen LogP contribution in [0.2, 0.25) is 0 Å². The molecule has 2 N–H and O–H groups in total. The number of carbonyl (C=O) groups excluding carboxylic acids is 2. The van der Waals surface area contributed by atoms with Gasteiger partial charge in [-0.25, -0.2) is 0 Å². The summed E-state index contributed by atoms with van der Waals surface area (Å²) in [6.07, 6.45) is 0. The highest BCUT2D eigenvalue weighted by Crippen LogP contribution is 2.27. The Morgan fingerprint density at radius 3 is 2.40 bits per heavy atom. The molecule has 2 amide bonds. The lowest BCUT2D eigenvalue weighted by atomic mass is 10.1. The maximum absolute atomic E-state index is 12.0. The molecule has 0 aliphatic carbocycles. The Bertz CT molecular complexity index is 488. The zero-order chi connectivity index (χ0) is 15.1. The van der Waals surface area contributed by atoms with Crippen molar-refractivity contribution in [3.8, 4) is 11.5 Å². The van der Waals surface area contributed by atoms with E-state index in [0.29, 0.717) is 23.6 Å². The Morgan fingerprint density at radius 2 is 1.85 bits per heavy atom. The number of carbonyl (C=O) groups is 2. The Kier molecular flexibility index (Phi) is 5.83. The van der Waals surface area contributed by atoms with Crippen molar-refractivity contribution in [2.75, 3.05) is 20.8 Å². The first-order valence-electron chi connectivity index (χ1n) is 6.34. The number of likely N-dealkylation sites (N-methyl/N-ethyl adjacent to an activating group) is 1. The van der Waals surface area contributed by atoms with Crippen molar-refractivity contribution in [3.05, 3.63) is 23.8 Å². The van der Waals surface area contributed by atoms with Gasteiger partial charge in [0, 0.05) is 12.1 Å². The van der Waals surface area contributed by atoms with Gasteiger partial charge in [0.2, 0.25) is 5.91 Å². The van der Waals surface area contributed by atoms with Gasteiger partial charge >= 0.3 is 0 Å². The molecule has 0 aliphatic rings. The highest BCUT2D eigenvalue weighted by molar-refractivity contribution is 5.97. The predicted octanol–water partition coefficient (Wildman–Crippen LogP) is 0.958. The summed E-state index contributed by atoms with van der Waals surface area (Å²) in [4.78, 5) is 23.6. The molecule has 0 aromatic heterocycles. The number of rotatable bonds is 6. The number of benzene rings is 1. The van der Waals surface area contributed by atoms with E-state index in [2.05, 4.69) is 10.6 Å². The lowest BCUT2D eigenvalue weighted by Crippen LogP contribution is -2.44. The maximum Gasteiger partial charge on any atom is 0.252 e. The van der Waals surface area contributed by atoms with Crippen molar-refractivity contribution in [3.63, 3.8) is 0 Å². The van der Waals surface area contributed by atoms with E-state index in [1.54, 1.807) is 25.1 Å². The number of nitrogens with one attached hydrogen (secondary N) is 2. The number of hydrogen-bond acceptors (Lipinski definition) is 4. The average Bonchev–Trinajstić information content (AvgIpc) is 2.46. The Labute approximate surface area is 118 Å². The van der Waals surface area contributed by atoms with E-state index in [-0.39, 0.29) is 11.8 Å². The van der Waals surface area contributed by atoms with Crippen LogP contribution < -0.4 is 20.1 Å². The summed E-state index contributed by atoms with van der Waals surface area (Å²) in [6.45, 7) is 3.97. The molecule has 0 spiro atoms. The molecule has 0 heterocycles. The third-order valence-corrected chi connectivity index (χ3v) is 2.74. The van der Waals surface area contributed by atoms with Crippen LogP contribution in [0.5, 0.6) is 11.5 Å². The van der Waals surface area contributed by atoms with E-state index in [1.807, 2.05) is 6.92 Å². The number of hydrogen-bond donors (Lipinski definition) is 2. The SMILES string of the molecule is CCNC(=O)[C@@H](C)NC(=O)c1ccc(OC)c(OC)c1. The van der Waals surface area contributed by atoms with Gasteiger partial charge in [0.25, 0.3) is 5.91 Å². The highest BCUT2D eigenvalue weighted by atomic mass is 16.5. The molecule has 0 aliphatic heterocycles. The van der Waals surface area contributed by atoms with Crippen molar-refractivity contribution in [2.45, 2.75) is 19.9 Å². The molecule has 20 heavy (non-hydrogen) atoms. The largest absolute Gasteiger partial charge is 0.493 e. The Hall–Kier alpha value is -2.24. The molecule has 1 aromatic rings. The van der Waals surface area contributed by atoms with Crippen LogP contribution in [0.25, 0.3) is 0 Å². The van der Waals surface area contributed by atoms with Crippen molar-refractivity contribution in [1.29, 1.82) is 0 Å². The summed E-state index contributed by atoms with van der Waals surface area (Å²) >= 11 is 0. The van der Waals surface area contributed by atoms with Crippen molar-refractivity contribution in [2.24, 2.45) is 0 Å². The van der Waals surface area contributed by atoms with Gasteiger partial charge in [-0.05, 0) is 32.0 Å². The fraction of sp³-hybridized carbons (Fsp3) is 0.429. The van der Waals surface area contributed by atoms with E-state index < -0.39 is 6.04 Å². The fourth-order valence-corrected chi connectivity index (χ4v) is 1.65. The first-order chi connectivity index (χ1) is 9.53. The number of ether oxygens (including phenoxy) is 2. The van der Waals surface area contributed by atoms with Gasteiger partial charge in [0.05, 0.1) is 14.2 Å². The first kappa shape index (κ1) is 15.8. The summed E-state index contributed by atoms with van der Waals surface area (Å²) in [5.74, 6) is 0.442. The van der Waals surface area contributed by atoms with Crippen LogP contribution in [0.3, 0.4) is 0 Å². The molecule has 1 aromatic carbocycles. The number of amides is 2. The molecule has 0 saturated carbocycles. The molecule has 0 unspecified atom stereocenters. The molecule has 6 heteroatoms. The topological polar surface area (TPSA) is 76.7 Å². The summed E-state index contributed by atoms with van der Waals surface area (Å²) in [5, 5.41) is 5.27. The Balaban J connectivity index is 2.80. The zero-order valence-electron chi connectivity index (χ0n) is 12.1. The van der Waals surface area contributed by atoms with Crippen LogP contribution in [0.4, 0.5) is 0 Å². The second-order valence-corrected chi connectivity index (χ2v) is 4.16. The van der Waals surface area contributed by atoms with Crippen LogP contribution in [0, 0.1) is 0 Å². The second-order valence-electron chi connectivity index (χ2n) is 4.16. The van der Waals surface area contributed by atoms with Crippen LogP contribution >= 0.6 is 0 Å². The van der Waals surface area contributed by atoms with Crippen molar-refractivity contribution >= 4 is 11.8 Å². The van der Waals surface area contributed by atoms with Gasteiger partial charge in [-0.3, -0.25) is 9.59 Å². The molecule has 0 fully saturated rings. The molecule has 0 bridgehead atoms. The molecule has 6 nitrogen and oxygen atoms in total. The molecule has 1 atom stereocenters. The van der Waals surface area contributed by atoms with E-state index in [0.717, 1.165) is 0 Å². The third kappa shape index (κ3) is 3.88. The highest BCUT2D eigenvalue weighted by Gasteiger charge is 2.17. The monoisotopic (exact) mass is 280 g/mol. The Morgan fingerprint density at radius 1 is 1.20 bits per heavy atom. The minimum Gasteiger partial charge on any atom is -0.493 e. The van der Waals surface area contributed by atoms with Gasteiger partial charge in [-0.15, -0.1) is 0 Å². The first-order valence-corrected chi connectivity index (χ1v) is 6.34. The molecule has 110 valence electrons. The van der Waals surface area contributed by atoms with Crippen LogP contribution in [0.1, 0.15) is 24.2 Å². The standard InChI is InChI=1S/C14H20N2O4/c1-5-15-13(17)9(2)16-14(18)10-6-7-11(19-3)12(8-10)20-4/h6-9H,5H2,1-4H3,(H,15,17)(H,16,18)/t9-/m1/s1. The quantitative estimate of drug-likeness (QED) is 0.813. The third-order valence-electron chi connectivity index (χ3n) is 2.74. The summed E-state index contributed by atoms with van der Waals surface area (Å²) in [6, 6.07) is 4.22. The average molecular weight is 280 g/mol.